The van der Waals surface area contributed by atoms with Gasteiger partial charge in [0.25, 0.3) is 0 Å². The molecule has 0 unspecified atom stereocenters. The van der Waals surface area contributed by atoms with Gasteiger partial charge in [-0.15, -0.1) is 0 Å². The quantitative estimate of drug-likeness (QED) is 0.479. The molecule has 0 saturated heterocycles. The first-order valence-corrected chi connectivity index (χ1v) is 11.8. The zero-order chi connectivity index (χ0) is 18.6. The Balaban J connectivity index is 1.98. The largest absolute Gasteiger partial charge is 0.411 e. The summed E-state index contributed by atoms with van der Waals surface area (Å²) in [6, 6.07) is 29.7. The van der Waals surface area contributed by atoms with Gasteiger partial charge < -0.3 is 9.22 Å². The minimum Gasteiger partial charge on any atom is -0.411 e. The van der Waals surface area contributed by atoms with Crippen LogP contribution in [0.5, 0.6) is 0 Å². The lowest BCUT2D eigenvalue weighted by molar-refractivity contribution is 0.231. The van der Waals surface area contributed by atoms with Crippen molar-refractivity contribution in [1.29, 1.82) is 0 Å². The maximum absolute atomic E-state index is 9.88. The lowest BCUT2D eigenvalue weighted by Gasteiger charge is -2.32. The zero-order valence-electron chi connectivity index (χ0n) is 15.6. The molecule has 0 aliphatic rings. The fourth-order valence-electron chi connectivity index (χ4n) is 3.24. The molecule has 0 saturated carbocycles. The first kappa shape index (κ1) is 18.6. The molecule has 3 heteroatoms. The second-order valence-electron chi connectivity index (χ2n) is 7.29. The van der Waals surface area contributed by atoms with E-state index < -0.39 is 8.56 Å². The van der Waals surface area contributed by atoms with Crippen LogP contribution >= 0.6 is 0 Å². The van der Waals surface area contributed by atoms with Crippen LogP contribution in [0.3, 0.4) is 0 Å². The summed E-state index contributed by atoms with van der Waals surface area (Å²) in [6.45, 7) is 6.28. The molecule has 1 N–H and O–H groups in total. The van der Waals surface area contributed by atoms with Gasteiger partial charge >= 0.3 is 8.56 Å². The summed E-state index contributed by atoms with van der Waals surface area (Å²) in [4.78, 5) is 9.88. The third-order valence-corrected chi connectivity index (χ3v) is 5.68. The van der Waals surface area contributed by atoms with E-state index in [0.717, 1.165) is 5.56 Å². The first-order valence-electron chi connectivity index (χ1n) is 8.96. The molecule has 0 heterocycles. The minimum atomic E-state index is -2.50. The molecule has 0 aliphatic heterocycles. The predicted molar refractivity (Wildman–Crippen MR) is 109 cm³/mol. The van der Waals surface area contributed by atoms with E-state index in [4.69, 9.17) is 4.43 Å². The van der Waals surface area contributed by atoms with Crippen molar-refractivity contribution in [2.24, 2.45) is 0 Å². The third kappa shape index (κ3) is 4.13. The van der Waals surface area contributed by atoms with Gasteiger partial charge in [-0.05, 0) is 42.3 Å². The molecule has 0 fully saturated rings. The normalized spacial score (nSPS) is 12.2. The van der Waals surface area contributed by atoms with Crippen molar-refractivity contribution in [3.05, 3.63) is 107 Å². The fraction of sp³-hybridized carbons (Fsp3) is 0.217. The summed E-state index contributed by atoms with van der Waals surface area (Å²) in [5, 5.41) is 0. The highest BCUT2D eigenvalue weighted by atomic mass is 28.4. The van der Waals surface area contributed by atoms with Gasteiger partial charge in [0.1, 0.15) is 0 Å². The molecule has 0 amide bonds. The molecule has 3 aromatic rings. The molecule has 0 aromatic heterocycles. The Bertz CT molecular complexity index is 782. The van der Waals surface area contributed by atoms with Gasteiger partial charge in [-0.2, -0.15) is 0 Å². The molecular formula is C23H26O2Si. The minimum absolute atomic E-state index is 0.229. The lowest BCUT2D eigenvalue weighted by atomic mass is 9.71. The van der Waals surface area contributed by atoms with E-state index in [-0.39, 0.29) is 5.41 Å². The summed E-state index contributed by atoms with van der Waals surface area (Å²) < 4.78 is 5.60. The lowest BCUT2D eigenvalue weighted by Crippen LogP contribution is -2.29. The van der Waals surface area contributed by atoms with Gasteiger partial charge in [0.05, 0.1) is 6.61 Å². The van der Waals surface area contributed by atoms with Gasteiger partial charge in [-0.25, -0.2) is 0 Å². The second kappa shape index (κ2) is 7.58. The number of rotatable bonds is 6. The Morgan fingerprint density at radius 3 is 1.58 bits per heavy atom. The van der Waals surface area contributed by atoms with Crippen molar-refractivity contribution < 1.29 is 9.22 Å². The molecule has 0 radical (unpaired) electrons. The summed E-state index contributed by atoms with van der Waals surface area (Å²) in [6.07, 6.45) is 0. The van der Waals surface area contributed by atoms with Crippen LogP contribution in [0.15, 0.2) is 84.9 Å². The average Bonchev–Trinajstić information content (AvgIpc) is 2.67. The van der Waals surface area contributed by atoms with Crippen molar-refractivity contribution in [2.75, 3.05) is 0 Å². The van der Waals surface area contributed by atoms with E-state index in [1.807, 2.05) is 0 Å². The maximum atomic E-state index is 9.88. The molecule has 0 bridgehead atoms. The van der Waals surface area contributed by atoms with Gasteiger partial charge in [0, 0.05) is 5.41 Å². The van der Waals surface area contributed by atoms with Crippen LogP contribution in [0, 0.1) is 0 Å². The second-order valence-corrected chi connectivity index (χ2v) is 10.5. The molecule has 0 spiro atoms. The van der Waals surface area contributed by atoms with E-state index in [9.17, 15) is 4.80 Å². The van der Waals surface area contributed by atoms with Crippen LogP contribution in [-0.4, -0.2) is 13.4 Å². The van der Waals surface area contributed by atoms with Crippen LogP contribution in [-0.2, 0) is 16.4 Å². The van der Waals surface area contributed by atoms with E-state index in [2.05, 4.69) is 91.9 Å². The summed E-state index contributed by atoms with van der Waals surface area (Å²) in [7, 11) is -2.50. The zero-order valence-corrected chi connectivity index (χ0v) is 16.6. The molecule has 2 nitrogen and oxygen atoms in total. The number of hydrogen-bond acceptors (Lipinski definition) is 2. The fourth-order valence-corrected chi connectivity index (χ4v) is 3.76. The van der Waals surface area contributed by atoms with Crippen LogP contribution in [0.2, 0.25) is 13.1 Å². The van der Waals surface area contributed by atoms with E-state index in [1.165, 1.54) is 16.7 Å². The van der Waals surface area contributed by atoms with E-state index in [0.29, 0.717) is 6.61 Å². The molecule has 0 aliphatic carbocycles. The van der Waals surface area contributed by atoms with Gasteiger partial charge in [0.15, 0.2) is 0 Å². The number of hydrogen-bond donors (Lipinski definition) is 1. The maximum Gasteiger partial charge on any atom is 0.329 e. The van der Waals surface area contributed by atoms with Crippen LogP contribution in [0.4, 0.5) is 0 Å². The topological polar surface area (TPSA) is 29.5 Å². The average molecular weight is 363 g/mol. The molecule has 3 rings (SSSR count). The summed E-state index contributed by atoms with van der Waals surface area (Å²) >= 11 is 0. The van der Waals surface area contributed by atoms with Crippen LogP contribution in [0.25, 0.3) is 0 Å². The van der Waals surface area contributed by atoms with Crippen molar-refractivity contribution in [3.8, 4) is 0 Å². The Hall–Kier alpha value is -2.20. The van der Waals surface area contributed by atoms with Crippen molar-refractivity contribution in [2.45, 2.75) is 32.0 Å². The highest BCUT2D eigenvalue weighted by Crippen LogP contribution is 2.38. The van der Waals surface area contributed by atoms with E-state index >= 15 is 0 Å². The Labute approximate surface area is 157 Å². The summed E-state index contributed by atoms with van der Waals surface area (Å²) in [5.41, 5.74) is 4.61. The Morgan fingerprint density at radius 1 is 0.731 bits per heavy atom. The van der Waals surface area contributed by atoms with E-state index in [1.54, 1.807) is 13.1 Å². The van der Waals surface area contributed by atoms with Crippen molar-refractivity contribution in [3.63, 3.8) is 0 Å². The smallest absolute Gasteiger partial charge is 0.329 e. The predicted octanol–water partition coefficient (Wildman–Crippen LogP) is 5.25. The molecule has 3 aromatic carbocycles. The standard InChI is InChI=1S/C23H26O2Si/c1-23(20-10-6-4-7-11-20,21-12-8-5-9-13-21)22-16-14-19(15-17-22)18-25-26(2,3)24/h4-17,24H,18H2,1-3H3. The molecule has 0 atom stereocenters. The van der Waals surface area contributed by atoms with Gasteiger partial charge in [-0.1, -0.05) is 84.9 Å². The van der Waals surface area contributed by atoms with Crippen LogP contribution in [0.1, 0.15) is 29.2 Å². The molecule has 134 valence electrons. The van der Waals surface area contributed by atoms with Crippen molar-refractivity contribution >= 4 is 8.56 Å². The molecular weight excluding hydrogens is 336 g/mol. The molecule has 26 heavy (non-hydrogen) atoms. The Kier molecular flexibility index (Phi) is 5.42. The van der Waals surface area contributed by atoms with Gasteiger partial charge in [-0.3, -0.25) is 0 Å². The first-order chi connectivity index (χ1) is 12.4. The third-order valence-electron chi connectivity index (χ3n) is 4.83. The van der Waals surface area contributed by atoms with Crippen molar-refractivity contribution in [1.82, 2.24) is 0 Å². The van der Waals surface area contributed by atoms with Gasteiger partial charge in [0.2, 0.25) is 0 Å². The summed E-state index contributed by atoms with van der Waals surface area (Å²) in [5.74, 6) is 0. The Morgan fingerprint density at radius 2 is 1.15 bits per heavy atom. The SMILES string of the molecule is CC(c1ccccc1)(c1ccccc1)c1ccc(CO[Si](C)(C)O)cc1. The highest BCUT2D eigenvalue weighted by molar-refractivity contribution is 6.63. The number of benzene rings is 3. The highest BCUT2D eigenvalue weighted by Gasteiger charge is 2.30. The monoisotopic (exact) mass is 362 g/mol. The van der Waals surface area contributed by atoms with Crippen LogP contribution < -0.4 is 0 Å².